The lowest BCUT2D eigenvalue weighted by Gasteiger charge is -2.12. The fourth-order valence-corrected chi connectivity index (χ4v) is 2.38. The lowest BCUT2D eigenvalue weighted by Crippen LogP contribution is -2.18. The summed E-state index contributed by atoms with van der Waals surface area (Å²) in [6, 6.07) is 4.00. The van der Waals surface area contributed by atoms with Crippen molar-refractivity contribution in [2.75, 3.05) is 16.3 Å². The van der Waals surface area contributed by atoms with Crippen LogP contribution in [-0.2, 0) is 10.0 Å². The Labute approximate surface area is 134 Å². The van der Waals surface area contributed by atoms with Crippen LogP contribution < -0.4 is 10.0 Å². The molecule has 128 valence electrons. The molecule has 0 unspecified atom stereocenters. The van der Waals surface area contributed by atoms with Crippen molar-refractivity contribution in [1.82, 2.24) is 0 Å². The summed E-state index contributed by atoms with van der Waals surface area (Å²) in [7, 11) is -3.74. The molecule has 0 heterocycles. The van der Waals surface area contributed by atoms with Crippen molar-refractivity contribution in [1.29, 1.82) is 0 Å². The first-order chi connectivity index (χ1) is 11.1. The van der Waals surface area contributed by atoms with Crippen LogP contribution in [-0.4, -0.2) is 20.6 Å². The first-order valence-electron chi connectivity index (χ1n) is 6.30. The largest absolute Gasteiger partial charge is 0.320 e. The van der Waals surface area contributed by atoms with Gasteiger partial charge < -0.3 is 5.32 Å². The van der Waals surface area contributed by atoms with Crippen molar-refractivity contribution in [2.24, 2.45) is 0 Å². The Morgan fingerprint density at radius 2 is 1.62 bits per heavy atom. The molecular formula is C14H10F4N2O3S. The predicted octanol–water partition coefficient (Wildman–Crippen LogP) is 2.87. The molecule has 0 aliphatic heterocycles. The van der Waals surface area contributed by atoms with Crippen molar-refractivity contribution >= 4 is 27.3 Å². The van der Waals surface area contributed by atoms with E-state index < -0.39 is 44.8 Å². The topological polar surface area (TPSA) is 75.3 Å². The SMILES string of the molecule is CS(=O)(=O)Nc1ccc(F)cc1NC(=O)c1ccc(F)c(F)c1F. The van der Waals surface area contributed by atoms with Gasteiger partial charge in [-0.15, -0.1) is 0 Å². The van der Waals surface area contributed by atoms with Crippen LogP contribution in [0.2, 0.25) is 0 Å². The van der Waals surface area contributed by atoms with Gasteiger partial charge in [0.1, 0.15) is 5.82 Å². The van der Waals surface area contributed by atoms with Gasteiger partial charge in [0.25, 0.3) is 5.91 Å². The van der Waals surface area contributed by atoms with Gasteiger partial charge in [0.2, 0.25) is 10.0 Å². The molecule has 0 saturated carbocycles. The van der Waals surface area contributed by atoms with Gasteiger partial charge in [0, 0.05) is 0 Å². The van der Waals surface area contributed by atoms with E-state index in [0.717, 1.165) is 24.5 Å². The number of halogens is 4. The number of amides is 1. The molecule has 10 heteroatoms. The number of rotatable bonds is 4. The maximum atomic E-state index is 13.6. The zero-order valence-corrected chi connectivity index (χ0v) is 12.8. The standard InChI is InChI=1S/C14H10F4N2O3S/c1-24(22,23)20-10-5-2-7(15)6-11(10)19-14(21)8-3-4-9(16)13(18)12(8)17/h2-6,20H,1H3,(H,19,21). The number of benzene rings is 2. The normalized spacial score (nSPS) is 11.2. The van der Waals surface area contributed by atoms with E-state index in [9.17, 15) is 30.8 Å². The highest BCUT2D eigenvalue weighted by atomic mass is 32.2. The van der Waals surface area contributed by atoms with Gasteiger partial charge in [-0.3, -0.25) is 9.52 Å². The Kier molecular flexibility index (Phi) is 4.78. The Morgan fingerprint density at radius 3 is 2.25 bits per heavy atom. The van der Waals surface area contributed by atoms with E-state index in [4.69, 9.17) is 0 Å². The maximum Gasteiger partial charge on any atom is 0.258 e. The number of hydrogen-bond acceptors (Lipinski definition) is 3. The average Bonchev–Trinajstić information content (AvgIpc) is 2.46. The number of carbonyl (C=O) groups is 1. The molecule has 0 fully saturated rings. The highest BCUT2D eigenvalue weighted by molar-refractivity contribution is 7.92. The van der Waals surface area contributed by atoms with Gasteiger partial charge in [-0.25, -0.2) is 26.0 Å². The van der Waals surface area contributed by atoms with Gasteiger partial charge in [-0.05, 0) is 30.3 Å². The molecule has 24 heavy (non-hydrogen) atoms. The van der Waals surface area contributed by atoms with E-state index in [1.54, 1.807) is 0 Å². The van der Waals surface area contributed by atoms with Crippen LogP contribution in [0.4, 0.5) is 28.9 Å². The Morgan fingerprint density at radius 1 is 0.958 bits per heavy atom. The lowest BCUT2D eigenvalue weighted by atomic mass is 10.1. The molecular weight excluding hydrogens is 352 g/mol. The average molecular weight is 362 g/mol. The fourth-order valence-electron chi connectivity index (χ4n) is 1.80. The molecule has 0 radical (unpaired) electrons. The predicted molar refractivity (Wildman–Crippen MR) is 79.1 cm³/mol. The lowest BCUT2D eigenvalue weighted by molar-refractivity contribution is 0.102. The summed E-state index contributed by atoms with van der Waals surface area (Å²) in [5.74, 6) is -7.06. The number of hydrogen-bond donors (Lipinski definition) is 2. The molecule has 2 N–H and O–H groups in total. The highest BCUT2D eigenvalue weighted by Gasteiger charge is 2.20. The Balaban J connectivity index is 2.39. The van der Waals surface area contributed by atoms with Crippen molar-refractivity contribution in [2.45, 2.75) is 0 Å². The molecule has 0 aliphatic rings. The summed E-state index contributed by atoms with van der Waals surface area (Å²) in [6.07, 6.45) is 0.830. The number of anilines is 2. The fraction of sp³-hybridized carbons (Fsp3) is 0.0714. The van der Waals surface area contributed by atoms with Gasteiger partial charge in [0.15, 0.2) is 17.5 Å². The molecule has 0 bridgehead atoms. The third-order valence-electron chi connectivity index (χ3n) is 2.80. The number of sulfonamides is 1. The van der Waals surface area contributed by atoms with Crippen LogP contribution in [0.3, 0.4) is 0 Å². The molecule has 0 spiro atoms. The van der Waals surface area contributed by atoms with Crippen molar-refractivity contribution < 1.29 is 30.8 Å². The van der Waals surface area contributed by atoms with Gasteiger partial charge >= 0.3 is 0 Å². The van der Waals surface area contributed by atoms with E-state index in [1.807, 2.05) is 10.0 Å². The molecule has 0 atom stereocenters. The monoisotopic (exact) mass is 362 g/mol. The summed E-state index contributed by atoms with van der Waals surface area (Å²) >= 11 is 0. The molecule has 0 saturated heterocycles. The highest BCUT2D eigenvalue weighted by Crippen LogP contribution is 2.25. The second-order valence-electron chi connectivity index (χ2n) is 4.74. The number of nitrogens with one attached hydrogen (secondary N) is 2. The Hall–Kier alpha value is -2.62. The minimum Gasteiger partial charge on any atom is -0.320 e. The zero-order valence-electron chi connectivity index (χ0n) is 12.0. The third kappa shape index (κ3) is 4.02. The molecule has 5 nitrogen and oxygen atoms in total. The first kappa shape index (κ1) is 17.7. The molecule has 1 amide bonds. The maximum absolute atomic E-state index is 13.6. The summed E-state index contributed by atoms with van der Waals surface area (Å²) < 4.78 is 77.5. The second-order valence-corrected chi connectivity index (χ2v) is 6.49. The van der Waals surface area contributed by atoms with E-state index >= 15 is 0 Å². The van der Waals surface area contributed by atoms with Crippen LogP contribution >= 0.6 is 0 Å². The summed E-state index contributed by atoms with van der Waals surface area (Å²) in [5.41, 5.74) is -1.34. The van der Waals surface area contributed by atoms with Gasteiger partial charge in [0.05, 0.1) is 23.2 Å². The van der Waals surface area contributed by atoms with Crippen LogP contribution in [0.5, 0.6) is 0 Å². The van der Waals surface area contributed by atoms with Crippen LogP contribution in [0.25, 0.3) is 0 Å². The summed E-state index contributed by atoms with van der Waals surface area (Å²) in [5, 5.41) is 2.04. The van der Waals surface area contributed by atoms with E-state index in [-0.39, 0.29) is 11.4 Å². The van der Waals surface area contributed by atoms with Crippen molar-refractivity contribution in [3.8, 4) is 0 Å². The van der Waals surface area contributed by atoms with Crippen LogP contribution in [0.1, 0.15) is 10.4 Å². The van der Waals surface area contributed by atoms with E-state index in [2.05, 4.69) is 0 Å². The van der Waals surface area contributed by atoms with E-state index in [0.29, 0.717) is 12.1 Å². The van der Waals surface area contributed by atoms with Crippen LogP contribution in [0, 0.1) is 23.3 Å². The zero-order chi connectivity index (χ0) is 18.1. The smallest absolute Gasteiger partial charge is 0.258 e. The minimum absolute atomic E-state index is 0.185. The molecule has 0 aliphatic carbocycles. The second kappa shape index (κ2) is 6.48. The van der Waals surface area contributed by atoms with Crippen molar-refractivity contribution in [3.63, 3.8) is 0 Å². The first-order valence-corrected chi connectivity index (χ1v) is 8.20. The Bertz CT molecular complexity index is 916. The molecule has 2 aromatic carbocycles. The quantitative estimate of drug-likeness (QED) is 0.649. The van der Waals surface area contributed by atoms with E-state index in [1.165, 1.54) is 0 Å². The van der Waals surface area contributed by atoms with Gasteiger partial charge in [-0.2, -0.15) is 0 Å². The molecule has 0 aromatic heterocycles. The summed E-state index contributed by atoms with van der Waals surface area (Å²) in [4.78, 5) is 12.0. The molecule has 2 aromatic rings. The molecule has 2 rings (SSSR count). The minimum atomic E-state index is -3.74. The number of carbonyl (C=O) groups excluding carboxylic acids is 1. The van der Waals surface area contributed by atoms with Crippen molar-refractivity contribution in [3.05, 3.63) is 59.2 Å². The van der Waals surface area contributed by atoms with Gasteiger partial charge in [-0.1, -0.05) is 0 Å². The third-order valence-corrected chi connectivity index (χ3v) is 3.40. The summed E-state index contributed by atoms with van der Waals surface area (Å²) in [6.45, 7) is 0. The van der Waals surface area contributed by atoms with Crippen LogP contribution in [0.15, 0.2) is 30.3 Å².